The molecule has 1 atom stereocenters. The van der Waals surface area contributed by atoms with Crippen LogP contribution in [0, 0.1) is 5.82 Å². The minimum absolute atomic E-state index is 0.172. The Hall–Kier alpha value is -2.61. The number of nitrogens with one attached hydrogen (secondary N) is 1. The van der Waals surface area contributed by atoms with Crippen molar-refractivity contribution in [1.82, 2.24) is 20.0 Å². The molecular weight excluding hydrogens is 339 g/mol. The number of halogens is 1. The maximum absolute atomic E-state index is 13.9. The van der Waals surface area contributed by atoms with Crippen LogP contribution in [0.2, 0.25) is 0 Å². The lowest BCUT2D eigenvalue weighted by Gasteiger charge is -2.25. The molecule has 0 aliphatic rings. The fraction of sp³-hybridized carbons (Fsp3) is 0.444. The lowest BCUT2D eigenvalue weighted by atomic mass is 10.1. The molecule has 0 saturated heterocycles. The van der Waals surface area contributed by atoms with Gasteiger partial charge in [-0.25, -0.2) is 9.18 Å². The number of hydrogen-bond donors (Lipinski definition) is 1. The van der Waals surface area contributed by atoms with Gasteiger partial charge < -0.3 is 19.7 Å². The number of benzene rings is 1. The average molecular weight is 364 g/mol. The van der Waals surface area contributed by atoms with Crippen LogP contribution in [0.4, 0.5) is 9.18 Å². The highest BCUT2D eigenvalue weighted by Crippen LogP contribution is 2.22. The third-order valence-electron chi connectivity index (χ3n) is 4.00. The first kappa shape index (κ1) is 19.7. The SMILES string of the molecule is COCCN(Cc1cnn(C)c1)C(=O)NC(C)c1ccc(OC)c(F)c1. The number of ether oxygens (including phenoxy) is 2. The summed E-state index contributed by atoms with van der Waals surface area (Å²) in [6, 6.07) is 4.03. The van der Waals surface area contributed by atoms with Crippen molar-refractivity contribution < 1.29 is 18.7 Å². The number of carbonyl (C=O) groups excluding carboxylic acids is 1. The molecule has 1 unspecified atom stereocenters. The van der Waals surface area contributed by atoms with Crippen LogP contribution in [0.1, 0.15) is 24.1 Å². The molecule has 2 rings (SSSR count). The minimum atomic E-state index is -0.460. The smallest absolute Gasteiger partial charge is 0.318 e. The maximum atomic E-state index is 13.9. The summed E-state index contributed by atoms with van der Waals surface area (Å²) in [7, 11) is 4.82. The predicted molar refractivity (Wildman–Crippen MR) is 95.4 cm³/mol. The van der Waals surface area contributed by atoms with Crippen molar-refractivity contribution in [2.75, 3.05) is 27.4 Å². The van der Waals surface area contributed by atoms with Crippen molar-refractivity contribution in [3.63, 3.8) is 0 Å². The number of methoxy groups -OCH3 is 2. The van der Waals surface area contributed by atoms with Gasteiger partial charge in [-0.2, -0.15) is 5.10 Å². The normalized spacial score (nSPS) is 11.9. The highest BCUT2D eigenvalue weighted by Gasteiger charge is 2.18. The quantitative estimate of drug-likeness (QED) is 0.781. The van der Waals surface area contributed by atoms with Gasteiger partial charge >= 0.3 is 6.03 Å². The molecule has 0 bridgehead atoms. The Morgan fingerprint density at radius 3 is 2.77 bits per heavy atom. The zero-order chi connectivity index (χ0) is 19.1. The van der Waals surface area contributed by atoms with Crippen molar-refractivity contribution in [3.8, 4) is 5.75 Å². The van der Waals surface area contributed by atoms with E-state index in [9.17, 15) is 9.18 Å². The van der Waals surface area contributed by atoms with Gasteiger partial charge in [0.15, 0.2) is 11.6 Å². The van der Waals surface area contributed by atoms with Gasteiger partial charge in [0.25, 0.3) is 0 Å². The second kappa shape index (κ2) is 9.19. The molecular formula is C18H25FN4O3. The highest BCUT2D eigenvalue weighted by atomic mass is 19.1. The third-order valence-corrected chi connectivity index (χ3v) is 4.00. The first-order valence-electron chi connectivity index (χ1n) is 8.30. The van der Waals surface area contributed by atoms with E-state index in [-0.39, 0.29) is 17.8 Å². The monoisotopic (exact) mass is 364 g/mol. The van der Waals surface area contributed by atoms with Gasteiger partial charge in [-0.05, 0) is 24.6 Å². The van der Waals surface area contributed by atoms with Crippen LogP contribution in [-0.2, 0) is 18.3 Å². The number of aryl methyl sites for hydroxylation is 1. The first-order valence-corrected chi connectivity index (χ1v) is 8.30. The molecule has 26 heavy (non-hydrogen) atoms. The fourth-order valence-electron chi connectivity index (χ4n) is 2.54. The van der Waals surface area contributed by atoms with Gasteiger partial charge in [0.2, 0.25) is 0 Å². The second-order valence-electron chi connectivity index (χ2n) is 6.00. The van der Waals surface area contributed by atoms with Crippen molar-refractivity contribution in [2.24, 2.45) is 7.05 Å². The molecule has 8 heteroatoms. The molecule has 1 aromatic heterocycles. The van der Waals surface area contributed by atoms with Crippen LogP contribution in [-0.4, -0.2) is 48.1 Å². The number of rotatable bonds is 8. The van der Waals surface area contributed by atoms with E-state index in [1.165, 1.54) is 13.2 Å². The summed E-state index contributed by atoms with van der Waals surface area (Å²) in [5.74, 6) is -0.289. The lowest BCUT2D eigenvalue weighted by molar-refractivity contribution is 0.145. The molecule has 0 spiro atoms. The minimum Gasteiger partial charge on any atom is -0.494 e. The van der Waals surface area contributed by atoms with E-state index in [1.54, 1.807) is 41.9 Å². The third kappa shape index (κ3) is 5.19. The topological polar surface area (TPSA) is 68.6 Å². The number of nitrogens with zero attached hydrogens (tertiary/aromatic N) is 3. The molecule has 1 aromatic carbocycles. The molecule has 2 amide bonds. The summed E-state index contributed by atoms with van der Waals surface area (Å²) >= 11 is 0. The number of urea groups is 1. The number of amides is 2. The van der Waals surface area contributed by atoms with Gasteiger partial charge in [-0.15, -0.1) is 0 Å². The zero-order valence-electron chi connectivity index (χ0n) is 15.5. The van der Waals surface area contributed by atoms with Crippen LogP contribution in [0.3, 0.4) is 0 Å². The van der Waals surface area contributed by atoms with Crippen LogP contribution in [0.25, 0.3) is 0 Å². The van der Waals surface area contributed by atoms with Crippen LogP contribution >= 0.6 is 0 Å². The Bertz CT molecular complexity index is 735. The van der Waals surface area contributed by atoms with E-state index in [0.717, 1.165) is 5.56 Å². The Labute approximate surface area is 152 Å². The number of carbonyl (C=O) groups is 1. The predicted octanol–water partition coefficient (Wildman–Crippen LogP) is 2.49. The molecule has 0 aliphatic heterocycles. The Kier molecular flexibility index (Phi) is 6.97. The van der Waals surface area contributed by atoms with Gasteiger partial charge in [-0.1, -0.05) is 6.07 Å². The van der Waals surface area contributed by atoms with Crippen molar-refractivity contribution in [2.45, 2.75) is 19.5 Å². The van der Waals surface area contributed by atoms with Crippen LogP contribution < -0.4 is 10.1 Å². The second-order valence-corrected chi connectivity index (χ2v) is 6.00. The molecule has 0 aliphatic carbocycles. The molecule has 2 aromatic rings. The Morgan fingerprint density at radius 1 is 1.42 bits per heavy atom. The van der Waals surface area contributed by atoms with E-state index in [2.05, 4.69) is 10.4 Å². The average Bonchev–Trinajstić information content (AvgIpc) is 3.03. The summed E-state index contributed by atoms with van der Waals surface area (Å²) in [4.78, 5) is 14.3. The van der Waals surface area contributed by atoms with Crippen molar-refractivity contribution in [3.05, 3.63) is 47.5 Å². The van der Waals surface area contributed by atoms with Gasteiger partial charge in [-0.3, -0.25) is 4.68 Å². The zero-order valence-corrected chi connectivity index (χ0v) is 15.5. The maximum Gasteiger partial charge on any atom is 0.318 e. The lowest BCUT2D eigenvalue weighted by Crippen LogP contribution is -2.42. The van der Waals surface area contributed by atoms with E-state index < -0.39 is 5.82 Å². The molecule has 7 nitrogen and oxygen atoms in total. The Balaban J connectivity index is 2.05. The number of hydrogen-bond acceptors (Lipinski definition) is 4. The Morgan fingerprint density at radius 2 is 2.19 bits per heavy atom. The van der Waals surface area contributed by atoms with Gasteiger partial charge in [0, 0.05) is 32.5 Å². The van der Waals surface area contributed by atoms with E-state index in [1.807, 2.05) is 13.2 Å². The molecule has 0 fully saturated rings. The first-order chi connectivity index (χ1) is 12.4. The van der Waals surface area contributed by atoms with Crippen molar-refractivity contribution in [1.29, 1.82) is 0 Å². The molecule has 0 radical (unpaired) electrons. The van der Waals surface area contributed by atoms with Gasteiger partial charge in [0.1, 0.15) is 0 Å². The summed E-state index contributed by atoms with van der Waals surface area (Å²) in [5.41, 5.74) is 1.58. The highest BCUT2D eigenvalue weighted by molar-refractivity contribution is 5.74. The molecule has 1 heterocycles. The van der Waals surface area contributed by atoms with Crippen molar-refractivity contribution >= 4 is 6.03 Å². The summed E-state index contributed by atoms with van der Waals surface area (Å²) in [5, 5.41) is 7.01. The standard InChI is InChI=1S/C18H25FN4O3/c1-13(15-5-6-17(26-4)16(19)9-15)21-18(24)23(7-8-25-3)12-14-10-20-22(2)11-14/h5-6,9-11,13H,7-8,12H2,1-4H3,(H,21,24). The molecule has 142 valence electrons. The number of aromatic nitrogens is 2. The summed E-state index contributed by atoms with van der Waals surface area (Å²) in [6.07, 6.45) is 3.57. The van der Waals surface area contributed by atoms with E-state index >= 15 is 0 Å². The summed E-state index contributed by atoms with van der Waals surface area (Å²) in [6.45, 7) is 3.06. The van der Waals surface area contributed by atoms with E-state index in [0.29, 0.717) is 25.3 Å². The molecule has 1 N–H and O–H groups in total. The summed E-state index contributed by atoms with van der Waals surface area (Å²) < 4.78 is 25.6. The van der Waals surface area contributed by atoms with Gasteiger partial charge in [0.05, 0.1) is 32.5 Å². The van der Waals surface area contributed by atoms with Crippen LogP contribution in [0.5, 0.6) is 5.75 Å². The fourth-order valence-corrected chi connectivity index (χ4v) is 2.54. The van der Waals surface area contributed by atoms with E-state index in [4.69, 9.17) is 9.47 Å². The van der Waals surface area contributed by atoms with Crippen LogP contribution in [0.15, 0.2) is 30.6 Å². The largest absolute Gasteiger partial charge is 0.494 e. The molecule has 0 saturated carbocycles.